The maximum Gasteiger partial charge on any atom is 1.00 e. The van der Waals surface area contributed by atoms with Gasteiger partial charge >= 0.3 is 51.4 Å². The van der Waals surface area contributed by atoms with E-state index in [2.05, 4.69) is 30.7 Å². The van der Waals surface area contributed by atoms with E-state index in [-0.39, 0.29) is 51.4 Å². The molecule has 0 aromatic heterocycles. The van der Waals surface area contributed by atoms with Crippen LogP contribution in [0.3, 0.4) is 0 Å². The molecule has 0 heterocycles. The second-order valence-electron chi connectivity index (χ2n) is 1.80. The van der Waals surface area contributed by atoms with Crippen LogP contribution in [0.4, 0.5) is 0 Å². The number of allylic oxidation sites excluding steroid dienone is 1. The van der Waals surface area contributed by atoms with Crippen LogP contribution in [0.15, 0.2) is 24.4 Å². The predicted octanol–water partition coefficient (Wildman–Crippen LogP) is -0.311. The zero-order valence-corrected chi connectivity index (χ0v) is 10.0. The first-order valence-electron chi connectivity index (χ1n) is 2.34. The van der Waals surface area contributed by atoms with Crippen molar-refractivity contribution in [1.29, 1.82) is 0 Å². The number of nitrogens with zero attached hydrogens (tertiary/aromatic N) is 1. The van der Waals surface area contributed by atoms with Crippen molar-refractivity contribution in [2.75, 3.05) is 0 Å². The Hall–Kier alpha value is 1.27. The van der Waals surface area contributed by atoms with E-state index in [4.69, 9.17) is 0 Å². The van der Waals surface area contributed by atoms with E-state index in [9.17, 15) is 0 Å². The van der Waals surface area contributed by atoms with Crippen molar-refractivity contribution >= 4 is 12.8 Å². The molecule has 0 bridgehead atoms. The molecule has 0 fully saturated rings. The Balaban J connectivity index is 0. The molecule has 0 aliphatic heterocycles. The molecular formula is C6H10KNS. The van der Waals surface area contributed by atoms with Gasteiger partial charge in [0.25, 0.3) is 0 Å². The Morgan fingerprint density at radius 1 is 1.56 bits per heavy atom. The summed E-state index contributed by atoms with van der Waals surface area (Å²) in [5, 5.41) is 0. The maximum absolute atomic E-state index is 3.69. The van der Waals surface area contributed by atoms with Gasteiger partial charge < -0.3 is 4.72 Å². The van der Waals surface area contributed by atoms with Crippen LogP contribution in [0, 0.1) is 0 Å². The maximum atomic E-state index is 3.69. The molecule has 0 aliphatic carbocycles. The fraction of sp³-hybridized carbons (Fsp3) is 0.333. The summed E-state index contributed by atoms with van der Waals surface area (Å²) in [4.78, 5) is 0. The van der Waals surface area contributed by atoms with Gasteiger partial charge in [0.2, 0.25) is 0 Å². The quantitative estimate of drug-likeness (QED) is 0.337. The minimum Gasteiger partial charge on any atom is -0.638 e. The fourth-order valence-electron chi connectivity index (χ4n) is 0.384. The van der Waals surface area contributed by atoms with Gasteiger partial charge in [-0.25, -0.2) is 0 Å². The Kier molecular flexibility index (Phi) is 10.6. The summed E-state index contributed by atoms with van der Waals surface area (Å²) in [6.45, 7) is 9.23. The molecule has 0 aliphatic rings. The van der Waals surface area contributed by atoms with Crippen molar-refractivity contribution in [3.63, 3.8) is 0 Å². The smallest absolute Gasteiger partial charge is 0.638 e. The molecule has 0 spiro atoms. The summed E-state index contributed by atoms with van der Waals surface area (Å²) in [6, 6.07) is 0. The summed E-state index contributed by atoms with van der Waals surface area (Å²) in [7, 11) is 0. The zero-order valence-electron chi connectivity index (χ0n) is 6.02. The Bertz CT molecular complexity index is 112. The summed E-state index contributed by atoms with van der Waals surface area (Å²) in [5.74, 6) is 0. The van der Waals surface area contributed by atoms with Crippen LogP contribution in [-0.4, -0.2) is 0 Å². The molecule has 0 rings (SSSR count). The van der Waals surface area contributed by atoms with Gasteiger partial charge in [0, 0.05) is 0 Å². The van der Waals surface area contributed by atoms with Crippen LogP contribution in [0.2, 0.25) is 0 Å². The Morgan fingerprint density at radius 3 is 2.11 bits per heavy atom. The van der Waals surface area contributed by atoms with Gasteiger partial charge in [-0.15, -0.1) is 6.58 Å². The van der Waals surface area contributed by atoms with E-state index in [0.717, 1.165) is 17.7 Å². The van der Waals surface area contributed by atoms with Gasteiger partial charge in [-0.1, -0.05) is 12.2 Å². The van der Waals surface area contributed by atoms with Gasteiger partial charge in [0.15, 0.2) is 0 Å². The predicted molar refractivity (Wildman–Crippen MR) is 40.9 cm³/mol. The fourth-order valence-corrected chi connectivity index (χ4v) is 0.454. The first-order valence-corrected chi connectivity index (χ1v) is 2.74. The third-order valence-electron chi connectivity index (χ3n) is 0.647. The number of hydrogen-bond donors (Lipinski definition) is 1. The van der Waals surface area contributed by atoms with Crippen LogP contribution >= 0.6 is 12.8 Å². The first kappa shape index (κ1) is 12.9. The van der Waals surface area contributed by atoms with Gasteiger partial charge in [-0.05, 0) is 13.3 Å². The second kappa shape index (κ2) is 7.37. The Morgan fingerprint density at radius 2 is 2.00 bits per heavy atom. The van der Waals surface area contributed by atoms with Crippen molar-refractivity contribution in [3.05, 3.63) is 29.2 Å². The van der Waals surface area contributed by atoms with Gasteiger partial charge in [0.05, 0.1) is 0 Å². The molecule has 0 N–H and O–H groups in total. The summed E-state index contributed by atoms with van der Waals surface area (Å²) in [5.41, 5.74) is 1.83. The summed E-state index contributed by atoms with van der Waals surface area (Å²) in [6.07, 6.45) is 0.753. The molecule has 0 aromatic carbocycles. The molecule has 0 saturated carbocycles. The van der Waals surface area contributed by atoms with Crippen molar-refractivity contribution in [2.45, 2.75) is 13.3 Å². The van der Waals surface area contributed by atoms with Gasteiger partial charge in [0.1, 0.15) is 0 Å². The van der Waals surface area contributed by atoms with E-state index in [1.165, 1.54) is 0 Å². The largest absolute Gasteiger partial charge is 1.00 e. The molecule has 3 heteroatoms. The number of hydrogen-bond acceptors (Lipinski definition) is 1. The van der Waals surface area contributed by atoms with Crippen molar-refractivity contribution in [2.24, 2.45) is 0 Å². The van der Waals surface area contributed by atoms with Gasteiger partial charge in [-0.3, -0.25) is 12.8 Å². The molecule has 9 heavy (non-hydrogen) atoms. The molecule has 0 unspecified atom stereocenters. The van der Waals surface area contributed by atoms with Crippen molar-refractivity contribution < 1.29 is 51.4 Å². The van der Waals surface area contributed by atoms with Crippen molar-refractivity contribution in [1.82, 2.24) is 0 Å². The van der Waals surface area contributed by atoms with Crippen LogP contribution in [-0.2, 0) is 0 Å². The van der Waals surface area contributed by atoms with E-state index < -0.39 is 0 Å². The second-order valence-corrected chi connectivity index (χ2v) is 2.00. The zero-order chi connectivity index (χ0) is 6.57. The first-order chi connectivity index (χ1) is 3.66. The average molecular weight is 167 g/mol. The molecule has 0 amide bonds. The molecule has 0 aromatic rings. The molecule has 0 atom stereocenters. The number of rotatable bonds is 3. The molecule has 0 radical (unpaired) electrons. The van der Waals surface area contributed by atoms with Crippen LogP contribution in [0.5, 0.6) is 0 Å². The average Bonchev–Trinajstić information content (AvgIpc) is 1.65. The summed E-state index contributed by atoms with van der Waals surface area (Å²) < 4.78 is 3.57. The minimum absolute atomic E-state index is 0. The van der Waals surface area contributed by atoms with Gasteiger partial charge in [-0.2, -0.15) is 5.70 Å². The van der Waals surface area contributed by atoms with E-state index in [0.29, 0.717) is 0 Å². The van der Waals surface area contributed by atoms with E-state index >= 15 is 0 Å². The van der Waals surface area contributed by atoms with Crippen LogP contribution < -0.4 is 51.4 Å². The molecule has 1 nitrogen and oxygen atoms in total. The Labute approximate surface area is 105 Å². The standard InChI is InChI=1S/C6H10NS.K/c1-5(2)4-6(3)7-8;/h8H,1,3-4H2,2H3;/q-1;+1. The molecule has 46 valence electrons. The van der Waals surface area contributed by atoms with Crippen LogP contribution in [0.1, 0.15) is 13.3 Å². The molecule has 0 saturated heterocycles. The third-order valence-corrected chi connectivity index (χ3v) is 0.930. The molecular weight excluding hydrogens is 157 g/mol. The third kappa shape index (κ3) is 9.27. The topological polar surface area (TPSA) is 14.1 Å². The van der Waals surface area contributed by atoms with E-state index in [1.807, 2.05) is 6.92 Å². The van der Waals surface area contributed by atoms with E-state index in [1.54, 1.807) is 0 Å². The monoisotopic (exact) mass is 167 g/mol. The van der Waals surface area contributed by atoms with Crippen LogP contribution in [0.25, 0.3) is 4.72 Å². The normalized spacial score (nSPS) is 7.33. The SMILES string of the molecule is C=C(C)CC(=C)[N-]S.[K+]. The summed E-state index contributed by atoms with van der Waals surface area (Å²) >= 11 is 3.67. The van der Waals surface area contributed by atoms with Crippen molar-refractivity contribution in [3.8, 4) is 0 Å². The number of thiol groups is 1. The minimum atomic E-state index is 0.